The fraction of sp³-hybridized carbons (Fsp3) is 0.500. The summed E-state index contributed by atoms with van der Waals surface area (Å²) in [7, 11) is 0. The first kappa shape index (κ1) is 14.4. The lowest BCUT2D eigenvalue weighted by Gasteiger charge is -2.01. The summed E-state index contributed by atoms with van der Waals surface area (Å²) in [6.45, 7) is 5.56. The molecule has 0 aromatic heterocycles. The first-order chi connectivity index (χ1) is 7.52. The summed E-state index contributed by atoms with van der Waals surface area (Å²) < 4.78 is 4.69. The average Bonchev–Trinajstić information content (AvgIpc) is 2.27. The third-order valence-electron chi connectivity index (χ3n) is 2.04. The average molecular weight is 226 g/mol. The van der Waals surface area contributed by atoms with Crippen molar-refractivity contribution >= 4 is 11.8 Å². The Bertz CT molecular complexity index is 313. The molecule has 90 valence electrons. The first-order valence-corrected chi connectivity index (χ1v) is 5.28. The largest absolute Gasteiger partial charge is 0.508 e. The van der Waals surface area contributed by atoms with Gasteiger partial charge in [0.15, 0.2) is 0 Å². The molecule has 4 heteroatoms. The molecule has 0 aromatic carbocycles. The molecule has 0 aliphatic rings. The lowest BCUT2D eigenvalue weighted by atomic mass is 10.2. The van der Waals surface area contributed by atoms with Crippen molar-refractivity contribution in [3.05, 3.63) is 23.5 Å². The molecule has 0 fully saturated rings. The molecule has 1 N–H and O–H groups in total. The summed E-state index contributed by atoms with van der Waals surface area (Å²) in [6.07, 6.45) is 4.13. The number of allylic oxidation sites excluding steroid dienone is 2. The summed E-state index contributed by atoms with van der Waals surface area (Å²) in [4.78, 5) is 22.3. The molecule has 0 saturated carbocycles. The zero-order valence-corrected chi connectivity index (χ0v) is 9.95. The van der Waals surface area contributed by atoms with E-state index in [0.717, 1.165) is 18.9 Å². The summed E-state index contributed by atoms with van der Waals surface area (Å²) >= 11 is 0. The van der Waals surface area contributed by atoms with E-state index >= 15 is 0 Å². The van der Waals surface area contributed by atoms with E-state index in [1.165, 1.54) is 0 Å². The van der Waals surface area contributed by atoms with Crippen LogP contribution in [-0.2, 0) is 14.3 Å². The van der Waals surface area contributed by atoms with E-state index in [2.05, 4.69) is 0 Å². The van der Waals surface area contributed by atoms with E-state index in [9.17, 15) is 14.7 Å². The SMILES string of the molecule is CC=C(C)C(O)=CC(=O)C(=O)OCCCC. The lowest BCUT2D eigenvalue weighted by Crippen LogP contribution is -2.16. The second-order valence-corrected chi connectivity index (χ2v) is 3.35. The van der Waals surface area contributed by atoms with Crippen LogP contribution in [0.5, 0.6) is 0 Å². The number of hydrogen-bond donors (Lipinski definition) is 1. The van der Waals surface area contributed by atoms with Crippen molar-refractivity contribution in [1.29, 1.82) is 0 Å². The predicted octanol–water partition coefficient (Wildman–Crippen LogP) is 2.31. The molecular weight excluding hydrogens is 208 g/mol. The number of rotatable bonds is 6. The molecule has 0 aliphatic heterocycles. The van der Waals surface area contributed by atoms with Crippen LogP contribution in [0.3, 0.4) is 0 Å². The van der Waals surface area contributed by atoms with Gasteiger partial charge in [-0.3, -0.25) is 4.79 Å². The molecule has 0 aromatic rings. The molecule has 0 amide bonds. The van der Waals surface area contributed by atoms with Gasteiger partial charge in [0.2, 0.25) is 0 Å². The van der Waals surface area contributed by atoms with Crippen LogP contribution in [-0.4, -0.2) is 23.5 Å². The molecule has 0 spiro atoms. The van der Waals surface area contributed by atoms with Crippen molar-refractivity contribution in [2.75, 3.05) is 6.61 Å². The van der Waals surface area contributed by atoms with E-state index in [4.69, 9.17) is 4.74 Å². The first-order valence-electron chi connectivity index (χ1n) is 5.28. The van der Waals surface area contributed by atoms with Gasteiger partial charge in [0, 0.05) is 6.08 Å². The number of carbonyl (C=O) groups excluding carboxylic acids is 2. The third kappa shape index (κ3) is 5.34. The van der Waals surface area contributed by atoms with E-state index in [-0.39, 0.29) is 12.4 Å². The minimum atomic E-state index is -0.927. The van der Waals surface area contributed by atoms with Gasteiger partial charge in [-0.25, -0.2) is 4.79 Å². The van der Waals surface area contributed by atoms with Gasteiger partial charge >= 0.3 is 5.97 Å². The van der Waals surface area contributed by atoms with Crippen molar-refractivity contribution in [3.63, 3.8) is 0 Å². The van der Waals surface area contributed by atoms with Crippen LogP contribution in [0.2, 0.25) is 0 Å². The number of unbranched alkanes of at least 4 members (excludes halogenated alkanes) is 1. The van der Waals surface area contributed by atoms with Crippen molar-refractivity contribution in [2.24, 2.45) is 0 Å². The molecule has 0 atom stereocenters. The van der Waals surface area contributed by atoms with Crippen LogP contribution >= 0.6 is 0 Å². The Morgan fingerprint density at radius 1 is 1.38 bits per heavy atom. The Labute approximate surface area is 95.6 Å². The van der Waals surface area contributed by atoms with Crippen LogP contribution in [0, 0.1) is 0 Å². The highest BCUT2D eigenvalue weighted by atomic mass is 16.5. The van der Waals surface area contributed by atoms with Crippen molar-refractivity contribution in [1.82, 2.24) is 0 Å². The fourth-order valence-corrected chi connectivity index (χ4v) is 0.825. The third-order valence-corrected chi connectivity index (χ3v) is 2.04. The standard InChI is InChI=1S/C12H18O4/c1-4-6-7-16-12(15)11(14)8-10(13)9(3)5-2/h5,8,13H,4,6-7H2,1-3H3. The highest BCUT2D eigenvalue weighted by Gasteiger charge is 2.13. The number of aliphatic hydroxyl groups excluding tert-OH is 1. The molecule has 0 bridgehead atoms. The maximum Gasteiger partial charge on any atom is 0.379 e. The maximum atomic E-state index is 11.2. The molecule has 0 saturated heterocycles. The lowest BCUT2D eigenvalue weighted by molar-refractivity contribution is -0.151. The van der Waals surface area contributed by atoms with Gasteiger partial charge in [-0.1, -0.05) is 19.4 Å². The Morgan fingerprint density at radius 2 is 2.00 bits per heavy atom. The second-order valence-electron chi connectivity index (χ2n) is 3.35. The van der Waals surface area contributed by atoms with Crippen molar-refractivity contribution in [2.45, 2.75) is 33.6 Å². The summed E-state index contributed by atoms with van der Waals surface area (Å²) in [6, 6.07) is 0. The van der Waals surface area contributed by atoms with E-state index in [1.54, 1.807) is 19.9 Å². The van der Waals surface area contributed by atoms with Crippen LogP contribution < -0.4 is 0 Å². The maximum absolute atomic E-state index is 11.2. The number of ketones is 1. The second kappa shape index (κ2) is 7.68. The van der Waals surface area contributed by atoms with Gasteiger partial charge in [0.1, 0.15) is 5.76 Å². The summed E-state index contributed by atoms with van der Waals surface area (Å²) in [5.74, 6) is -1.97. The smallest absolute Gasteiger partial charge is 0.379 e. The molecule has 0 radical (unpaired) electrons. The van der Waals surface area contributed by atoms with Crippen molar-refractivity contribution in [3.8, 4) is 0 Å². The molecular formula is C12H18O4. The van der Waals surface area contributed by atoms with Gasteiger partial charge in [0.25, 0.3) is 5.78 Å². The summed E-state index contributed by atoms with van der Waals surface area (Å²) in [5.41, 5.74) is 0.537. The number of aliphatic hydroxyl groups is 1. The number of ether oxygens (including phenoxy) is 1. The summed E-state index contributed by atoms with van der Waals surface area (Å²) in [5, 5.41) is 9.37. The monoisotopic (exact) mass is 226 g/mol. The van der Waals surface area contributed by atoms with Crippen LogP contribution in [0.15, 0.2) is 23.5 Å². The zero-order valence-electron chi connectivity index (χ0n) is 9.95. The van der Waals surface area contributed by atoms with Crippen LogP contribution in [0.4, 0.5) is 0 Å². The minimum absolute atomic E-state index is 0.208. The number of carbonyl (C=O) groups is 2. The van der Waals surface area contributed by atoms with E-state index in [0.29, 0.717) is 5.57 Å². The number of hydrogen-bond acceptors (Lipinski definition) is 4. The molecule has 0 heterocycles. The number of esters is 1. The van der Waals surface area contributed by atoms with Crippen molar-refractivity contribution < 1.29 is 19.4 Å². The molecule has 0 unspecified atom stereocenters. The quantitative estimate of drug-likeness (QED) is 0.188. The van der Waals surface area contributed by atoms with Gasteiger partial charge in [-0.2, -0.15) is 0 Å². The normalized spacial score (nSPS) is 12.4. The predicted molar refractivity (Wildman–Crippen MR) is 61.0 cm³/mol. The Balaban J connectivity index is 4.30. The van der Waals surface area contributed by atoms with Gasteiger partial charge in [-0.05, 0) is 25.8 Å². The van der Waals surface area contributed by atoms with Gasteiger partial charge in [-0.15, -0.1) is 0 Å². The molecule has 16 heavy (non-hydrogen) atoms. The van der Waals surface area contributed by atoms with E-state index < -0.39 is 11.8 Å². The Kier molecular flexibility index (Phi) is 6.92. The van der Waals surface area contributed by atoms with Gasteiger partial charge < -0.3 is 9.84 Å². The van der Waals surface area contributed by atoms with Crippen LogP contribution in [0.25, 0.3) is 0 Å². The Hall–Kier alpha value is -1.58. The Morgan fingerprint density at radius 3 is 2.50 bits per heavy atom. The van der Waals surface area contributed by atoms with Crippen LogP contribution in [0.1, 0.15) is 33.6 Å². The highest BCUT2D eigenvalue weighted by Crippen LogP contribution is 2.04. The fourth-order valence-electron chi connectivity index (χ4n) is 0.825. The minimum Gasteiger partial charge on any atom is -0.508 e. The topological polar surface area (TPSA) is 63.6 Å². The molecule has 0 aliphatic carbocycles. The van der Waals surface area contributed by atoms with E-state index in [1.807, 2.05) is 6.92 Å². The molecule has 4 nitrogen and oxygen atoms in total. The molecule has 0 rings (SSSR count). The zero-order chi connectivity index (χ0) is 12.6. The highest BCUT2D eigenvalue weighted by molar-refractivity contribution is 6.38. The van der Waals surface area contributed by atoms with Gasteiger partial charge in [0.05, 0.1) is 6.61 Å².